The Morgan fingerprint density at radius 1 is 1.35 bits per heavy atom. The molecule has 144 valence electrons. The third-order valence-electron chi connectivity index (χ3n) is 6.49. The molecule has 1 heterocycles. The van der Waals surface area contributed by atoms with E-state index in [1.54, 1.807) is 6.07 Å². The minimum Gasteiger partial charge on any atom is -0.485 e. The number of rotatable bonds is 4. The fourth-order valence-corrected chi connectivity index (χ4v) is 4.66. The van der Waals surface area contributed by atoms with Crippen molar-refractivity contribution in [2.24, 2.45) is 11.3 Å². The van der Waals surface area contributed by atoms with Crippen LogP contribution in [-0.4, -0.2) is 50.8 Å². The molecule has 1 unspecified atom stereocenters. The summed E-state index contributed by atoms with van der Waals surface area (Å²) >= 11 is 0. The molecule has 1 aliphatic carbocycles. The minimum atomic E-state index is -1.04. The van der Waals surface area contributed by atoms with Gasteiger partial charge in [0.25, 0.3) is 0 Å². The first-order chi connectivity index (χ1) is 12.1. The molecule has 1 saturated carbocycles. The number of carbonyl (C=O) groups is 1. The van der Waals surface area contributed by atoms with E-state index in [4.69, 9.17) is 4.74 Å². The Hall–Kier alpha value is -1.63. The van der Waals surface area contributed by atoms with Crippen molar-refractivity contribution in [3.63, 3.8) is 0 Å². The molecule has 3 rings (SSSR count). The first-order valence-electron chi connectivity index (χ1n) is 9.17. The van der Waals surface area contributed by atoms with Crippen LogP contribution in [-0.2, 0) is 12.8 Å². The van der Waals surface area contributed by atoms with Gasteiger partial charge in [-0.3, -0.25) is 0 Å². The zero-order valence-electron chi connectivity index (χ0n) is 15.5. The number of benzene rings is 1. The van der Waals surface area contributed by atoms with Crippen LogP contribution in [0, 0.1) is 11.3 Å². The van der Waals surface area contributed by atoms with Crippen molar-refractivity contribution < 1.29 is 30.0 Å². The fourth-order valence-electron chi connectivity index (χ4n) is 4.66. The van der Waals surface area contributed by atoms with Gasteiger partial charge in [0, 0.05) is 18.3 Å². The van der Waals surface area contributed by atoms with Gasteiger partial charge >= 0.3 is 5.97 Å². The second-order valence-corrected chi connectivity index (χ2v) is 8.35. The van der Waals surface area contributed by atoms with Crippen molar-refractivity contribution in [1.82, 2.24) is 0 Å². The number of hydrogen-bond acceptors (Lipinski definition) is 5. The predicted octanol–water partition coefficient (Wildman–Crippen LogP) is 1.77. The molecule has 0 radical (unpaired) electrons. The van der Waals surface area contributed by atoms with E-state index in [2.05, 4.69) is 6.92 Å². The van der Waals surface area contributed by atoms with Crippen molar-refractivity contribution in [2.75, 3.05) is 6.61 Å². The quantitative estimate of drug-likeness (QED) is 0.649. The van der Waals surface area contributed by atoms with E-state index in [0.717, 1.165) is 12.0 Å². The lowest BCUT2D eigenvalue weighted by atomic mass is 9.58. The molecule has 4 N–H and O–H groups in total. The Morgan fingerprint density at radius 2 is 2.04 bits per heavy atom. The summed E-state index contributed by atoms with van der Waals surface area (Å²) < 4.78 is 6.50. The van der Waals surface area contributed by atoms with Crippen LogP contribution in [0.1, 0.15) is 55.1 Å². The maximum absolute atomic E-state index is 11.5. The van der Waals surface area contributed by atoms with Gasteiger partial charge in [-0.05, 0) is 42.0 Å². The average Bonchev–Trinajstić information content (AvgIpc) is 2.99. The number of ether oxygens (including phenoxy) is 1. The van der Waals surface area contributed by atoms with Gasteiger partial charge in [-0.15, -0.1) is 0 Å². The molecule has 1 fully saturated rings. The van der Waals surface area contributed by atoms with Crippen LogP contribution < -0.4 is 4.74 Å². The summed E-state index contributed by atoms with van der Waals surface area (Å²) in [5, 5.41) is 39.1. The summed E-state index contributed by atoms with van der Waals surface area (Å²) in [4.78, 5) is 11.5. The van der Waals surface area contributed by atoms with Gasteiger partial charge < -0.3 is 25.2 Å². The monoisotopic (exact) mass is 364 g/mol. The zero-order chi connectivity index (χ0) is 19.3. The molecule has 1 spiro atoms. The number of aliphatic hydroxyl groups excluding tert-OH is 3. The second kappa shape index (κ2) is 6.51. The average molecular weight is 364 g/mol. The topological polar surface area (TPSA) is 107 Å². The van der Waals surface area contributed by atoms with Crippen molar-refractivity contribution in [3.05, 3.63) is 28.8 Å². The third kappa shape index (κ3) is 2.80. The molecule has 26 heavy (non-hydrogen) atoms. The second-order valence-electron chi connectivity index (χ2n) is 8.35. The van der Waals surface area contributed by atoms with Gasteiger partial charge in [0.1, 0.15) is 11.4 Å². The Balaban J connectivity index is 2.09. The highest BCUT2D eigenvalue weighted by Crippen LogP contribution is 2.56. The molecule has 1 aromatic carbocycles. The standard InChI is InChI=1S/C20H28O6/c1-11-4-5-16(23)19(2,3)20(11)9-14-7-13(18(24)25)6-12(17(14)26-20)8-15(22)10-21/h6-7,11,15-16,21-23H,4-5,8-10H2,1-3H3,(H,24,25)/t11-,15?,16+,20+/m1/s1. The van der Waals surface area contributed by atoms with Gasteiger partial charge in [0.15, 0.2) is 0 Å². The molecule has 2 aliphatic rings. The normalized spacial score (nSPS) is 30.7. The lowest BCUT2D eigenvalue weighted by molar-refractivity contribution is -0.156. The van der Waals surface area contributed by atoms with Crippen LogP contribution >= 0.6 is 0 Å². The van der Waals surface area contributed by atoms with Gasteiger partial charge in [-0.1, -0.05) is 20.8 Å². The number of hydrogen-bond donors (Lipinski definition) is 4. The molecule has 6 heteroatoms. The number of aromatic carboxylic acids is 1. The molecular weight excluding hydrogens is 336 g/mol. The molecule has 0 bridgehead atoms. The smallest absolute Gasteiger partial charge is 0.335 e. The molecular formula is C20H28O6. The summed E-state index contributed by atoms with van der Waals surface area (Å²) in [5.74, 6) is -0.252. The van der Waals surface area contributed by atoms with Gasteiger partial charge in [-0.25, -0.2) is 4.79 Å². The third-order valence-corrected chi connectivity index (χ3v) is 6.49. The Labute approximate surface area is 153 Å². The minimum absolute atomic E-state index is 0.118. The number of carboxylic acids is 1. The number of fused-ring (bicyclic) bond motifs is 1. The molecule has 4 atom stereocenters. The molecule has 1 aliphatic heterocycles. The van der Waals surface area contributed by atoms with E-state index in [1.165, 1.54) is 6.07 Å². The highest BCUT2D eigenvalue weighted by atomic mass is 16.5. The van der Waals surface area contributed by atoms with Crippen LogP contribution in [0.25, 0.3) is 0 Å². The van der Waals surface area contributed by atoms with E-state index < -0.39 is 35.8 Å². The molecule has 6 nitrogen and oxygen atoms in total. The fraction of sp³-hybridized carbons (Fsp3) is 0.650. The van der Waals surface area contributed by atoms with Crippen LogP contribution in [0.3, 0.4) is 0 Å². The van der Waals surface area contributed by atoms with Crippen LogP contribution in [0.5, 0.6) is 5.75 Å². The summed E-state index contributed by atoms with van der Waals surface area (Å²) in [5.41, 5.74) is 0.398. The van der Waals surface area contributed by atoms with Crippen LogP contribution in [0.2, 0.25) is 0 Å². The summed E-state index contributed by atoms with van der Waals surface area (Å²) in [6, 6.07) is 3.14. The van der Waals surface area contributed by atoms with E-state index in [9.17, 15) is 25.2 Å². The van der Waals surface area contributed by atoms with Crippen LogP contribution in [0.15, 0.2) is 12.1 Å². The van der Waals surface area contributed by atoms with Crippen molar-refractivity contribution >= 4 is 5.97 Å². The molecule has 0 aromatic heterocycles. The first-order valence-corrected chi connectivity index (χ1v) is 9.17. The predicted molar refractivity (Wildman–Crippen MR) is 95.4 cm³/mol. The highest BCUT2D eigenvalue weighted by Gasteiger charge is 2.60. The maximum atomic E-state index is 11.5. The summed E-state index contributed by atoms with van der Waals surface area (Å²) in [7, 11) is 0. The lowest BCUT2D eigenvalue weighted by Crippen LogP contribution is -2.61. The van der Waals surface area contributed by atoms with Gasteiger partial charge in [0.2, 0.25) is 0 Å². The maximum Gasteiger partial charge on any atom is 0.335 e. The summed E-state index contributed by atoms with van der Waals surface area (Å²) in [6.45, 7) is 5.71. The van der Waals surface area contributed by atoms with Crippen molar-refractivity contribution in [1.29, 1.82) is 0 Å². The first kappa shape index (κ1) is 19.1. The van der Waals surface area contributed by atoms with E-state index >= 15 is 0 Å². The largest absolute Gasteiger partial charge is 0.485 e. The number of aliphatic hydroxyl groups is 3. The van der Waals surface area contributed by atoms with Crippen molar-refractivity contribution in [3.8, 4) is 5.75 Å². The Bertz CT molecular complexity index is 712. The molecule has 0 saturated heterocycles. The van der Waals surface area contributed by atoms with Gasteiger partial charge in [0.05, 0.1) is 24.4 Å². The van der Waals surface area contributed by atoms with Crippen molar-refractivity contribution in [2.45, 2.75) is 64.3 Å². The Morgan fingerprint density at radius 3 is 2.65 bits per heavy atom. The van der Waals surface area contributed by atoms with Gasteiger partial charge in [-0.2, -0.15) is 0 Å². The summed E-state index contributed by atoms with van der Waals surface area (Å²) in [6.07, 6.45) is 0.708. The van der Waals surface area contributed by atoms with E-state index in [1.807, 2.05) is 13.8 Å². The molecule has 1 aromatic rings. The SMILES string of the molecule is C[C@@H]1CC[C@H](O)C(C)(C)[C@]12Cc1cc(C(=O)O)cc(CC(O)CO)c1O2. The van der Waals surface area contributed by atoms with E-state index in [0.29, 0.717) is 24.2 Å². The van der Waals surface area contributed by atoms with Crippen LogP contribution in [0.4, 0.5) is 0 Å². The Kier molecular flexibility index (Phi) is 4.80. The van der Waals surface area contributed by atoms with E-state index in [-0.39, 0.29) is 17.9 Å². The number of carboxylic acid groups (broad SMARTS) is 1. The zero-order valence-corrected chi connectivity index (χ0v) is 15.5. The highest BCUT2D eigenvalue weighted by molar-refractivity contribution is 5.88. The molecule has 0 amide bonds. The lowest BCUT2D eigenvalue weighted by Gasteiger charge is -2.53.